The number of hydrogen-bond acceptors (Lipinski definition) is 4. The van der Waals surface area contributed by atoms with Gasteiger partial charge in [0.1, 0.15) is 5.75 Å². The van der Waals surface area contributed by atoms with Gasteiger partial charge in [-0.3, -0.25) is 0 Å². The van der Waals surface area contributed by atoms with Crippen LogP contribution < -0.4 is 0 Å². The van der Waals surface area contributed by atoms with Crippen molar-refractivity contribution < 1.29 is 5.11 Å². The summed E-state index contributed by atoms with van der Waals surface area (Å²) in [6.45, 7) is 0. The van der Waals surface area contributed by atoms with Crippen molar-refractivity contribution in [1.29, 1.82) is 0 Å². The van der Waals surface area contributed by atoms with Gasteiger partial charge in [0, 0.05) is 21.8 Å². The Morgan fingerprint density at radius 3 is 2.38 bits per heavy atom. The number of rotatable bonds is 5. The Morgan fingerprint density at radius 1 is 0.897 bits per heavy atom. The van der Waals surface area contributed by atoms with Crippen LogP contribution in [-0.2, 0) is 0 Å². The zero-order valence-electron chi connectivity index (χ0n) is 15.4. The van der Waals surface area contributed by atoms with Gasteiger partial charge in [-0.15, -0.1) is 0 Å². The van der Waals surface area contributed by atoms with Crippen LogP contribution in [0.4, 0.5) is 5.95 Å². The fourth-order valence-corrected chi connectivity index (χ4v) is 3.09. The number of nitrogens with zero attached hydrogens (tertiary/aromatic N) is 4. The van der Waals surface area contributed by atoms with E-state index in [-0.39, 0.29) is 5.75 Å². The van der Waals surface area contributed by atoms with E-state index in [0.717, 1.165) is 21.3 Å². The predicted octanol–water partition coefficient (Wildman–Crippen LogP) is 5.65. The van der Waals surface area contributed by atoms with Crippen LogP contribution in [0.15, 0.2) is 99.6 Å². The second-order valence-electron chi connectivity index (χ2n) is 6.25. The van der Waals surface area contributed by atoms with Crippen LogP contribution in [0.25, 0.3) is 11.3 Å². The summed E-state index contributed by atoms with van der Waals surface area (Å²) in [5.41, 5.74) is 3.30. The highest BCUT2D eigenvalue weighted by molar-refractivity contribution is 9.10. The van der Waals surface area contributed by atoms with Gasteiger partial charge in [-0.25, -0.2) is 14.7 Å². The minimum atomic E-state index is 0.145. The zero-order valence-corrected chi connectivity index (χ0v) is 16.9. The summed E-state index contributed by atoms with van der Waals surface area (Å²) in [7, 11) is 0. The number of halogens is 1. The standard InChI is InChI=1S/C23H17BrN4O/c24-20-11-12-22(29)19(13-20)15-25-23-27-21(18-9-5-2-6-10-18)16-28(23)26-14-17-7-3-1-4-8-17/h1-16,29H/b25-15+,26-14+. The first-order valence-electron chi connectivity index (χ1n) is 8.96. The molecule has 0 bridgehead atoms. The minimum Gasteiger partial charge on any atom is -0.507 e. The fraction of sp³-hybridized carbons (Fsp3) is 0. The molecule has 0 fully saturated rings. The molecule has 1 aromatic heterocycles. The third kappa shape index (κ3) is 4.67. The lowest BCUT2D eigenvalue weighted by molar-refractivity contribution is 0.474. The molecule has 0 atom stereocenters. The number of phenolic OH excluding ortho intramolecular Hbond substituents is 1. The third-order valence-corrected chi connectivity index (χ3v) is 4.67. The van der Waals surface area contributed by atoms with E-state index >= 15 is 0 Å². The Hall–Kier alpha value is -3.51. The molecule has 0 aliphatic carbocycles. The molecule has 142 valence electrons. The number of imidazole rings is 1. The molecule has 0 unspecified atom stereocenters. The average molecular weight is 445 g/mol. The highest BCUT2D eigenvalue weighted by atomic mass is 79.9. The van der Waals surface area contributed by atoms with Crippen LogP contribution in [0.5, 0.6) is 5.75 Å². The number of phenols is 1. The minimum absolute atomic E-state index is 0.145. The number of aromatic hydroxyl groups is 1. The van der Waals surface area contributed by atoms with Crippen LogP contribution in [0, 0.1) is 0 Å². The van der Waals surface area contributed by atoms with Crippen molar-refractivity contribution in [2.45, 2.75) is 0 Å². The SMILES string of the molecule is Oc1ccc(Br)cc1/C=N/c1nc(-c2ccccc2)cn1/N=C/c1ccccc1. The number of benzene rings is 3. The molecule has 5 nitrogen and oxygen atoms in total. The lowest BCUT2D eigenvalue weighted by Crippen LogP contribution is -1.90. The molecule has 6 heteroatoms. The van der Waals surface area contributed by atoms with Crippen molar-refractivity contribution in [2.24, 2.45) is 10.1 Å². The van der Waals surface area contributed by atoms with Gasteiger partial charge < -0.3 is 5.11 Å². The van der Waals surface area contributed by atoms with E-state index in [0.29, 0.717) is 11.5 Å². The first kappa shape index (κ1) is 18.8. The van der Waals surface area contributed by atoms with Gasteiger partial charge in [-0.1, -0.05) is 76.6 Å². The van der Waals surface area contributed by atoms with E-state index in [2.05, 4.69) is 31.0 Å². The molecule has 1 heterocycles. The van der Waals surface area contributed by atoms with Crippen LogP contribution >= 0.6 is 15.9 Å². The molecule has 0 saturated carbocycles. The summed E-state index contributed by atoms with van der Waals surface area (Å²) in [5.74, 6) is 0.557. The summed E-state index contributed by atoms with van der Waals surface area (Å²) in [6, 6.07) is 24.9. The van der Waals surface area contributed by atoms with Crippen molar-refractivity contribution in [3.63, 3.8) is 0 Å². The second-order valence-corrected chi connectivity index (χ2v) is 7.17. The Bertz CT molecular complexity index is 1170. The normalized spacial score (nSPS) is 11.5. The Morgan fingerprint density at radius 2 is 1.62 bits per heavy atom. The van der Waals surface area contributed by atoms with E-state index < -0.39 is 0 Å². The van der Waals surface area contributed by atoms with Crippen LogP contribution in [0.1, 0.15) is 11.1 Å². The van der Waals surface area contributed by atoms with Crippen LogP contribution in [0.2, 0.25) is 0 Å². The van der Waals surface area contributed by atoms with Gasteiger partial charge in [0.05, 0.1) is 18.1 Å². The summed E-state index contributed by atoms with van der Waals surface area (Å²) in [5, 5.41) is 14.6. The van der Waals surface area contributed by atoms with Gasteiger partial charge in [0.2, 0.25) is 0 Å². The molecule has 29 heavy (non-hydrogen) atoms. The summed E-state index contributed by atoms with van der Waals surface area (Å²) >= 11 is 3.41. The van der Waals surface area contributed by atoms with Gasteiger partial charge in [-0.05, 0) is 23.8 Å². The fourth-order valence-electron chi connectivity index (χ4n) is 2.71. The number of hydrogen-bond donors (Lipinski definition) is 1. The Labute approximate surface area is 176 Å². The van der Waals surface area contributed by atoms with Gasteiger partial charge in [0.15, 0.2) is 0 Å². The maximum absolute atomic E-state index is 10.0. The maximum atomic E-state index is 10.0. The van der Waals surface area contributed by atoms with Crippen molar-refractivity contribution in [1.82, 2.24) is 9.66 Å². The first-order chi connectivity index (χ1) is 14.2. The van der Waals surface area contributed by atoms with E-state index in [1.807, 2.05) is 66.9 Å². The third-order valence-electron chi connectivity index (χ3n) is 4.18. The quantitative estimate of drug-likeness (QED) is 0.404. The summed E-state index contributed by atoms with van der Waals surface area (Å²) in [6.07, 6.45) is 5.17. The van der Waals surface area contributed by atoms with Crippen LogP contribution in [-0.4, -0.2) is 27.2 Å². The molecule has 0 saturated heterocycles. The Kier molecular flexibility index (Phi) is 5.63. The molecule has 0 amide bonds. The molecule has 3 aromatic carbocycles. The van der Waals surface area contributed by atoms with E-state index in [1.54, 1.807) is 35.3 Å². The molecule has 4 rings (SSSR count). The predicted molar refractivity (Wildman–Crippen MR) is 120 cm³/mol. The van der Waals surface area contributed by atoms with Gasteiger partial charge >= 0.3 is 0 Å². The molecule has 0 spiro atoms. The maximum Gasteiger partial charge on any atom is 0.251 e. The molecule has 4 aromatic rings. The van der Waals surface area contributed by atoms with Crippen LogP contribution in [0.3, 0.4) is 0 Å². The van der Waals surface area contributed by atoms with E-state index in [1.165, 1.54) is 0 Å². The zero-order chi connectivity index (χ0) is 20.1. The van der Waals surface area contributed by atoms with Crippen molar-refractivity contribution in [2.75, 3.05) is 0 Å². The lowest BCUT2D eigenvalue weighted by atomic mass is 10.2. The first-order valence-corrected chi connectivity index (χ1v) is 9.75. The summed E-state index contributed by atoms with van der Waals surface area (Å²) < 4.78 is 2.48. The topological polar surface area (TPSA) is 62.8 Å². The van der Waals surface area contributed by atoms with Crippen molar-refractivity contribution in [3.05, 3.63) is 101 Å². The van der Waals surface area contributed by atoms with E-state index in [4.69, 9.17) is 0 Å². The number of aromatic nitrogens is 2. The molecule has 0 radical (unpaired) electrons. The highest BCUT2D eigenvalue weighted by Crippen LogP contribution is 2.24. The second kappa shape index (κ2) is 8.67. The molecule has 0 aliphatic rings. The highest BCUT2D eigenvalue weighted by Gasteiger charge is 2.08. The molecule has 1 N–H and O–H groups in total. The average Bonchev–Trinajstić information content (AvgIpc) is 3.17. The Balaban J connectivity index is 1.72. The largest absolute Gasteiger partial charge is 0.507 e. The van der Waals surface area contributed by atoms with Gasteiger partial charge in [0.25, 0.3) is 5.95 Å². The molecular formula is C23H17BrN4O. The molecular weight excluding hydrogens is 428 g/mol. The van der Waals surface area contributed by atoms with Gasteiger partial charge in [-0.2, -0.15) is 5.10 Å². The van der Waals surface area contributed by atoms with E-state index in [9.17, 15) is 5.11 Å². The van der Waals surface area contributed by atoms with Crippen molar-refractivity contribution in [3.8, 4) is 17.0 Å². The number of aliphatic imine (C=N–C) groups is 1. The lowest BCUT2D eigenvalue weighted by Gasteiger charge is -1.99. The molecule has 0 aliphatic heterocycles. The van der Waals surface area contributed by atoms with Crippen molar-refractivity contribution >= 4 is 34.3 Å². The summed E-state index contributed by atoms with van der Waals surface area (Å²) in [4.78, 5) is 9.09. The monoisotopic (exact) mass is 444 g/mol. The smallest absolute Gasteiger partial charge is 0.251 e.